The molecule has 1 aliphatic heterocycles. The molecule has 1 N–H and O–H groups in total. The molecule has 1 unspecified atom stereocenters. The number of likely N-dealkylation sites (N-methyl/N-ethyl adjacent to an activating group) is 1. The van der Waals surface area contributed by atoms with Crippen LogP contribution in [-0.2, 0) is 0 Å². The van der Waals surface area contributed by atoms with E-state index in [1.54, 1.807) is 0 Å². The molecule has 112 valence electrons. The third-order valence-corrected chi connectivity index (χ3v) is 3.67. The van der Waals surface area contributed by atoms with Crippen LogP contribution < -0.4 is 5.32 Å². The molecule has 0 bridgehead atoms. The van der Waals surface area contributed by atoms with E-state index in [1.165, 1.54) is 23.8 Å². The molecule has 0 radical (unpaired) electrons. The van der Waals surface area contributed by atoms with Crippen molar-refractivity contribution >= 4 is 17.5 Å². The summed E-state index contributed by atoms with van der Waals surface area (Å²) < 4.78 is 1.46. The summed E-state index contributed by atoms with van der Waals surface area (Å²) in [6.07, 6.45) is 5.21. The molecule has 9 heteroatoms. The van der Waals surface area contributed by atoms with Crippen LogP contribution in [-0.4, -0.2) is 60.3 Å². The zero-order valence-electron chi connectivity index (χ0n) is 11.8. The van der Waals surface area contributed by atoms with E-state index < -0.39 is 0 Å². The van der Waals surface area contributed by atoms with Gasteiger partial charge in [-0.2, -0.15) is 24.7 Å². The van der Waals surface area contributed by atoms with Gasteiger partial charge in [0, 0.05) is 12.6 Å². The van der Waals surface area contributed by atoms with Gasteiger partial charge in [0.05, 0.1) is 0 Å². The Bertz CT molecular complexity index is 587. The van der Waals surface area contributed by atoms with E-state index in [1.807, 2.05) is 0 Å². The lowest BCUT2D eigenvalue weighted by atomic mass is 10.1. The summed E-state index contributed by atoms with van der Waals surface area (Å²) in [5.41, 5.74) is 0. The van der Waals surface area contributed by atoms with Crippen LogP contribution in [0.15, 0.2) is 12.7 Å². The minimum atomic E-state index is 0.140. The summed E-state index contributed by atoms with van der Waals surface area (Å²) >= 11 is 5.97. The summed E-state index contributed by atoms with van der Waals surface area (Å²) in [6.45, 7) is 5.36. The van der Waals surface area contributed by atoms with Gasteiger partial charge in [0.2, 0.25) is 11.2 Å². The number of nitrogens with zero attached hydrogens (tertiary/aromatic N) is 7. The lowest BCUT2D eigenvalue weighted by Gasteiger charge is -2.32. The molecule has 0 aliphatic carbocycles. The molecule has 1 saturated heterocycles. The second-order valence-corrected chi connectivity index (χ2v) is 5.28. The Morgan fingerprint density at radius 1 is 1.38 bits per heavy atom. The van der Waals surface area contributed by atoms with E-state index in [0.717, 1.165) is 26.1 Å². The lowest BCUT2D eigenvalue weighted by Crippen LogP contribution is -2.42. The summed E-state index contributed by atoms with van der Waals surface area (Å²) in [4.78, 5) is 18.8. The van der Waals surface area contributed by atoms with Crippen LogP contribution >= 0.6 is 11.6 Å². The number of aromatic nitrogens is 6. The molecular formula is C12H17ClN8. The maximum absolute atomic E-state index is 5.97. The maximum Gasteiger partial charge on any atom is 0.258 e. The van der Waals surface area contributed by atoms with Crippen molar-refractivity contribution in [3.63, 3.8) is 0 Å². The van der Waals surface area contributed by atoms with E-state index in [-0.39, 0.29) is 5.28 Å². The molecule has 8 nitrogen and oxygen atoms in total. The molecular weight excluding hydrogens is 292 g/mol. The van der Waals surface area contributed by atoms with Crippen LogP contribution in [0.25, 0.3) is 5.95 Å². The van der Waals surface area contributed by atoms with Crippen LogP contribution in [0.2, 0.25) is 5.28 Å². The van der Waals surface area contributed by atoms with Crippen LogP contribution in [0.3, 0.4) is 0 Å². The number of rotatable bonds is 4. The van der Waals surface area contributed by atoms with Gasteiger partial charge in [-0.25, -0.2) is 4.98 Å². The highest BCUT2D eigenvalue weighted by molar-refractivity contribution is 6.28. The number of piperidine rings is 1. The quantitative estimate of drug-likeness (QED) is 0.902. The third kappa shape index (κ3) is 3.45. The Morgan fingerprint density at radius 3 is 3.05 bits per heavy atom. The minimum Gasteiger partial charge on any atom is -0.350 e. The molecule has 3 rings (SSSR count). The van der Waals surface area contributed by atoms with Crippen molar-refractivity contribution in [3.8, 4) is 5.95 Å². The lowest BCUT2D eigenvalue weighted by molar-refractivity contribution is 0.226. The van der Waals surface area contributed by atoms with Gasteiger partial charge in [-0.3, -0.25) is 0 Å². The highest BCUT2D eigenvalue weighted by Crippen LogP contribution is 2.15. The molecule has 1 fully saturated rings. The standard InChI is InChI=1S/C12H17ClN8/c1-2-20-5-3-4-9(6-20)16-11-17-10(13)18-12(19-11)21-8-14-7-15-21/h7-9H,2-6H2,1H3,(H,16,17,18,19). The predicted molar refractivity (Wildman–Crippen MR) is 78.5 cm³/mol. The van der Waals surface area contributed by atoms with Gasteiger partial charge in [-0.15, -0.1) is 0 Å². The van der Waals surface area contributed by atoms with Gasteiger partial charge in [0.1, 0.15) is 12.7 Å². The van der Waals surface area contributed by atoms with Gasteiger partial charge >= 0.3 is 0 Å². The smallest absolute Gasteiger partial charge is 0.258 e. The van der Waals surface area contributed by atoms with Crippen LogP contribution in [0, 0.1) is 0 Å². The molecule has 2 aromatic rings. The fourth-order valence-corrected chi connectivity index (χ4v) is 2.62. The van der Waals surface area contributed by atoms with Crippen molar-refractivity contribution in [3.05, 3.63) is 17.9 Å². The first-order valence-corrected chi connectivity index (χ1v) is 7.38. The normalized spacial score (nSPS) is 19.6. The van der Waals surface area contributed by atoms with E-state index >= 15 is 0 Å². The van der Waals surface area contributed by atoms with Gasteiger partial charge in [-0.1, -0.05) is 6.92 Å². The summed E-state index contributed by atoms with van der Waals surface area (Å²) in [7, 11) is 0. The Hall–Kier alpha value is -1.80. The van der Waals surface area contributed by atoms with Crippen molar-refractivity contribution in [1.82, 2.24) is 34.6 Å². The number of anilines is 1. The Morgan fingerprint density at radius 2 is 2.29 bits per heavy atom. The minimum absolute atomic E-state index is 0.140. The molecule has 0 spiro atoms. The number of nitrogens with one attached hydrogen (secondary N) is 1. The van der Waals surface area contributed by atoms with Crippen molar-refractivity contribution in [1.29, 1.82) is 0 Å². The monoisotopic (exact) mass is 308 g/mol. The van der Waals surface area contributed by atoms with Gasteiger partial charge in [0.15, 0.2) is 0 Å². The molecule has 1 atom stereocenters. The van der Waals surface area contributed by atoms with Crippen molar-refractivity contribution < 1.29 is 0 Å². The van der Waals surface area contributed by atoms with Crippen molar-refractivity contribution in [2.24, 2.45) is 0 Å². The summed E-state index contributed by atoms with van der Waals surface area (Å²) in [5, 5.41) is 7.48. The molecule has 21 heavy (non-hydrogen) atoms. The number of hydrogen-bond donors (Lipinski definition) is 1. The second kappa shape index (κ2) is 6.31. The first kappa shape index (κ1) is 14.2. The van der Waals surface area contributed by atoms with E-state index in [0.29, 0.717) is 17.9 Å². The molecule has 3 heterocycles. The first-order chi connectivity index (χ1) is 10.2. The van der Waals surface area contributed by atoms with Gasteiger partial charge < -0.3 is 10.2 Å². The SMILES string of the molecule is CCN1CCCC(Nc2nc(Cl)nc(-n3cncn3)n2)C1. The number of halogens is 1. The average molecular weight is 309 g/mol. The zero-order valence-corrected chi connectivity index (χ0v) is 12.5. The Kier molecular flexibility index (Phi) is 4.26. The fourth-order valence-electron chi connectivity index (χ4n) is 2.46. The zero-order chi connectivity index (χ0) is 14.7. The van der Waals surface area contributed by atoms with Crippen LogP contribution in [0.1, 0.15) is 19.8 Å². The highest BCUT2D eigenvalue weighted by atomic mass is 35.5. The number of hydrogen-bond acceptors (Lipinski definition) is 7. The number of likely N-dealkylation sites (tertiary alicyclic amines) is 1. The molecule has 0 aromatic carbocycles. The Balaban J connectivity index is 1.76. The van der Waals surface area contributed by atoms with Crippen LogP contribution in [0.5, 0.6) is 0 Å². The molecule has 0 amide bonds. The van der Waals surface area contributed by atoms with E-state index in [4.69, 9.17) is 11.6 Å². The summed E-state index contributed by atoms with van der Waals surface area (Å²) in [6, 6.07) is 0.320. The van der Waals surface area contributed by atoms with E-state index in [9.17, 15) is 0 Å². The third-order valence-electron chi connectivity index (χ3n) is 3.51. The van der Waals surface area contributed by atoms with Crippen molar-refractivity contribution in [2.75, 3.05) is 25.0 Å². The van der Waals surface area contributed by atoms with E-state index in [2.05, 4.69) is 42.2 Å². The topological polar surface area (TPSA) is 84.6 Å². The fraction of sp³-hybridized carbons (Fsp3) is 0.583. The first-order valence-electron chi connectivity index (χ1n) is 7.00. The molecule has 0 saturated carbocycles. The largest absolute Gasteiger partial charge is 0.350 e. The van der Waals surface area contributed by atoms with Gasteiger partial charge in [-0.05, 0) is 37.5 Å². The predicted octanol–water partition coefficient (Wildman–Crippen LogP) is 1.00. The maximum atomic E-state index is 5.97. The van der Waals surface area contributed by atoms with Gasteiger partial charge in [0.25, 0.3) is 5.95 Å². The second-order valence-electron chi connectivity index (χ2n) is 4.94. The molecule has 1 aliphatic rings. The molecule has 2 aromatic heterocycles. The van der Waals surface area contributed by atoms with Crippen molar-refractivity contribution in [2.45, 2.75) is 25.8 Å². The summed E-state index contributed by atoms with van der Waals surface area (Å²) in [5.74, 6) is 0.835. The Labute approximate surface area is 127 Å². The highest BCUT2D eigenvalue weighted by Gasteiger charge is 2.20. The average Bonchev–Trinajstić information content (AvgIpc) is 3.01. The van der Waals surface area contributed by atoms with Crippen LogP contribution in [0.4, 0.5) is 5.95 Å².